The summed E-state index contributed by atoms with van der Waals surface area (Å²) in [5.74, 6) is 0. The molecule has 5 heteroatoms. The van der Waals surface area contributed by atoms with Crippen LogP contribution in [0.1, 0.15) is 35.9 Å². The van der Waals surface area contributed by atoms with E-state index < -0.39 is 32.3 Å². The lowest BCUT2D eigenvalue weighted by Gasteiger charge is -2.46. The smallest absolute Gasteiger partial charge is 0.252 e. The first kappa shape index (κ1) is 55.8. The summed E-state index contributed by atoms with van der Waals surface area (Å²) in [6, 6.07) is 124. The predicted molar refractivity (Wildman–Crippen MR) is 450 cm³/mol. The first-order valence-electron chi connectivity index (χ1n) is 39.6. The Kier molecular flexibility index (Phi) is 13.8. The van der Waals surface area contributed by atoms with Crippen LogP contribution in [-0.2, 0) is 5.41 Å². The molecule has 1 aromatic heterocycles. The molecular formula is C100H74BN3Si. The first-order valence-corrected chi connectivity index (χ1v) is 38.1. The van der Waals surface area contributed by atoms with E-state index in [1.807, 2.05) is 36.4 Å². The molecule has 0 bridgehead atoms. The molecule has 3 nitrogen and oxygen atoms in total. The normalized spacial score (nSPS) is 13.4. The van der Waals surface area contributed by atoms with Gasteiger partial charge in [-0.3, -0.25) is 0 Å². The Hall–Kier alpha value is -12.8. The highest BCUT2D eigenvalue weighted by atomic mass is 28.3. The summed E-state index contributed by atoms with van der Waals surface area (Å²) in [7, 11) is -2.93. The molecule has 0 unspecified atom stereocenters. The van der Waals surface area contributed by atoms with Gasteiger partial charge in [0.2, 0.25) is 0 Å². The van der Waals surface area contributed by atoms with Gasteiger partial charge in [0.25, 0.3) is 6.71 Å². The van der Waals surface area contributed by atoms with Gasteiger partial charge < -0.3 is 14.4 Å². The fourth-order valence-electron chi connectivity index (χ4n) is 16.7. The summed E-state index contributed by atoms with van der Waals surface area (Å²) in [6.07, 6.45) is 0. The minimum absolute atomic E-state index is 0.0981. The quantitative estimate of drug-likeness (QED) is 0.0842. The van der Waals surface area contributed by atoms with Crippen molar-refractivity contribution in [3.63, 3.8) is 0 Å². The molecule has 3 heterocycles. The predicted octanol–water partition coefficient (Wildman–Crippen LogP) is 21.5. The Morgan fingerprint density at radius 2 is 0.714 bits per heavy atom. The fourth-order valence-corrected chi connectivity index (χ4v) is 21.4. The third-order valence-electron chi connectivity index (χ3n) is 21.5. The molecular weight excluding hydrogens is 1280 g/mol. The van der Waals surface area contributed by atoms with Gasteiger partial charge in [-0.05, 0) is 141 Å². The summed E-state index contributed by atoms with van der Waals surface area (Å²) in [4.78, 5) is 5.03. The maximum Gasteiger partial charge on any atom is 0.252 e. The zero-order valence-corrected chi connectivity index (χ0v) is 59.4. The third kappa shape index (κ3) is 10.6. The van der Waals surface area contributed by atoms with Crippen molar-refractivity contribution in [3.8, 4) is 72.4 Å². The zero-order valence-electron chi connectivity index (χ0n) is 65.4. The van der Waals surface area contributed by atoms with Crippen LogP contribution in [0, 0.1) is 0 Å². The fraction of sp³-hybridized carbons (Fsp3) is 0.0400. The number of aromatic nitrogens is 1. The Balaban J connectivity index is 0.952. The number of hydrogen-bond donors (Lipinski definition) is 0. The topological polar surface area (TPSA) is 11.4 Å². The van der Waals surface area contributed by atoms with E-state index in [0.29, 0.717) is 11.3 Å². The zero-order chi connectivity index (χ0) is 76.3. The number of fused-ring (bicyclic) bond motifs is 7. The SMILES string of the molecule is [2H]c1c([2H])c([2H])c2c(c1[2H])c1c([2H])c(-c3ccccc3)c([2H])c([2H])c1n2-c1ccc2c(c1)N(c1c(-c3ccccc3)cccc1-c1ccccc1)c1cc(C(C)(C)C)cc3c1B2c1cc(-c2ccc([Si](c4ccccc4)(c4ccccc4)c4ccccc4)cc2)ccc1N3c1c(-c2ccccc2)cccc1-c1ccccc1. The Bertz CT molecular complexity index is 6340. The molecule has 16 aromatic carbocycles. The van der Waals surface area contributed by atoms with E-state index in [4.69, 9.17) is 0 Å². The second kappa shape index (κ2) is 25.9. The standard InChI is InChI=1S/C100H74BN3Si/c1-100(2,3)77-66-95-97-96(67-77)104(99-85(73-38-18-7-19-39-73)51-31-52-86(99)74-40-20-8-21-41-74)94-68-78(102-91-53-29-28-48-87(91)88-64-75(56-62-92(88)102)69-32-12-4-13-33-69)58-61-89(94)101(97)90-65-76(57-63-93(90)103(95)98-83(71-34-14-5-15-35-71)49-30-50-84(98)72-36-16-6-17-37-72)70-54-59-82(60-55-70)105(79-42-22-9-23-43-79,80-44-24-10-25-45-80)81-46-26-11-27-47-81/h4-68H,1-3H3/i28D,29D,48D,53D,56D,62D,64D. The molecule has 0 atom stereocenters. The van der Waals surface area contributed by atoms with Gasteiger partial charge in [0, 0.05) is 61.5 Å². The molecule has 2 aliphatic heterocycles. The molecule has 17 aromatic rings. The monoisotopic (exact) mass is 1360 g/mol. The molecule has 0 fully saturated rings. The highest BCUT2D eigenvalue weighted by molar-refractivity contribution is 7.20. The number of benzene rings is 16. The van der Waals surface area contributed by atoms with Crippen molar-refractivity contribution in [2.75, 3.05) is 9.80 Å². The molecule has 19 rings (SSSR count). The lowest BCUT2D eigenvalue weighted by Crippen LogP contribution is -2.74. The van der Waals surface area contributed by atoms with E-state index in [1.165, 1.54) is 20.7 Å². The molecule has 2 aliphatic rings. The van der Waals surface area contributed by atoms with E-state index in [1.54, 1.807) is 4.57 Å². The molecule has 0 spiro atoms. The summed E-state index contributed by atoms with van der Waals surface area (Å²) in [6.45, 7) is 6.38. The molecule has 0 N–H and O–H groups in total. The van der Waals surface area contributed by atoms with Crippen LogP contribution in [0.3, 0.4) is 0 Å². The lowest BCUT2D eigenvalue weighted by atomic mass is 9.33. The third-order valence-corrected chi connectivity index (χ3v) is 26.3. The second-order valence-electron chi connectivity index (χ2n) is 28.5. The van der Waals surface area contributed by atoms with Crippen molar-refractivity contribution in [3.05, 3.63) is 400 Å². The summed E-state index contributed by atoms with van der Waals surface area (Å²) < 4.78 is 70.6. The van der Waals surface area contributed by atoms with Crippen LogP contribution in [0.5, 0.6) is 0 Å². The van der Waals surface area contributed by atoms with Crippen molar-refractivity contribution in [1.29, 1.82) is 0 Å². The van der Waals surface area contributed by atoms with E-state index in [2.05, 4.69) is 346 Å². The number of para-hydroxylation sites is 3. The van der Waals surface area contributed by atoms with Crippen molar-refractivity contribution in [2.24, 2.45) is 0 Å². The van der Waals surface area contributed by atoms with Crippen LogP contribution >= 0.6 is 0 Å². The number of anilines is 6. The van der Waals surface area contributed by atoms with Crippen molar-refractivity contribution >= 4 is 108 Å². The molecule has 0 aliphatic carbocycles. The molecule has 496 valence electrons. The van der Waals surface area contributed by atoms with E-state index in [-0.39, 0.29) is 57.6 Å². The van der Waals surface area contributed by atoms with Crippen LogP contribution in [0.25, 0.3) is 94.3 Å². The minimum atomic E-state index is -2.93. The molecule has 0 saturated carbocycles. The van der Waals surface area contributed by atoms with Gasteiger partial charge in [-0.1, -0.05) is 366 Å². The van der Waals surface area contributed by atoms with Crippen LogP contribution in [0.15, 0.2) is 394 Å². The maximum absolute atomic E-state index is 10.3. The van der Waals surface area contributed by atoms with Crippen LogP contribution < -0.4 is 46.9 Å². The summed E-state index contributed by atoms with van der Waals surface area (Å²) in [5.41, 5.74) is 21.2. The molecule has 0 radical (unpaired) electrons. The maximum atomic E-state index is 10.3. The van der Waals surface area contributed by atoms with Gasteiger partial charge in [0.15, 0.2) is 8.07 Å². The van der Waals surface area contributed by atoms with Crippen LogP contribution in [-0.4, -0.2) is 19.4 Å². The average molecular weight is 1360 g/mol. The average Bonchev–Trinajstić information content (AvgIpc) is 1.42. The van der Waals surface area contributed by atoms with E-state index >= 15 is 0 Å². The Labute approximate surface area is 626 Å². The van der Waals surface area contributed by atoms with E-state index in [0.717, 1.165) is 112 Å². The van der Waals surface area contributed by atoms with E-state index in [9.17, 15) is 9.60 Å². The second-order valence-corrected chi connectivity index (χ2v) is 32.3. The number of rotatable bonds is 13. The van der Waals surface area contributed by atoms with Gasteiger partial charge in [0.1, 0.15) is 0 Å². The summed E-state index contributed by atoms with van der Waals surface area (Å²) in [5, 5.41) is 5.42. The van der Waals surface area contributed by atoms with Crippen LogP contribution in [0.4, 0.5) is 34.1 Å². The highest BCUT2D eigenvalue weighted by Crippen LogP contribution is 2.54. The van der Waals surface area contributed by atoms with Gasteiger partial charge >= 0.3 is 0 Å². The van der Waals surface area contributed by atoms with Crippen molar-refractivity contribution < 1.29 is 9.60 Å². The highest BCUT2D eigenvalue weighted by Gasteiger charge is 2.47. The van der Waals surface area contributed by atoms with Crippen molar-refractivity contribution in [2.45, 2.75) is 26.2 Å². The number of nitrogens with zero attached hydrogens (tertiary/aromatic N) is 3. The van der Waals surface area contributed by atoms with Crippen molar-refractivity contribution in [1.82, 2.24) is 4.57 Å². The largest absolute Gasteiger partial charge is 0.310 e. The number of hydrogen-bond acceptors (Lipinski definition) is 2. The summed E-state index contributed by atoms with van der Waals surface area (Å²) >= 11 is 0. The minimum Gasteiger partial charge on any atom is -0.310 e. The molecule has 0 amide bonds. The van der Waals surface area contributed by atoms with Gasteiger partial charge in [-0.2, -0.15) is 0 Å². The molecule has 105 heavy (non-hydrogen) atoms. The Morgan fingerprint density at radius 3 is 1.19 bits per heavy atom. The van der Waals surface area contributed by atoms with Gasteiger partial charge in [0.05, 0.1) is 32.0 Å². The van der Waals surface area contributed by atoms with Gasteiger partial charge in [-0.25, -0.2) is 0 Å². The first-order chi connectivity index (χ1) is 54.7. The lowest BCUT2D eigenvalue weighted by molar-refractivity contribution is 0.590. The Morgan fingerprint density at radius 1 is 0.305 bits per heavy atom. The van der Waals surface area contributed by atoms with Crippen LogP contribution in [0.2, 0.25) is 0 Å². The van der Waals surface area contributed by atoms with Gasteiger partial charge in [-0.15, -0.1) is 0 Å². The molecule has 0 saturated heterocycles.